The number of hydrogen-bond donors (Lipinski definition) is 2. The van der Waals surface area contributed by atoms with Gasteiger partial charge in [-0.2, -0.15) is 0 Å². The third kappa shape index (κ3) is 2.62. The molecule has 4 heteroatoms. The zero-order valence-corrected chi connectivity index (χ0v) is 13.3. The molecule has 3 N–H and O–H groups in total. The largest absolute Gasteiger partial charge is 0.493 e. The zero-order chi connectivity index (χ0) is 15.8. The number of nitrogen functional groups attached to an aromatic ring is 1. The molecule has 3 aromatic rings. The van der Waals surface area contributed by atoms with Crippen molar-refractivity contribution in [3.8, 4) is 5.75 Å². The van der Waals surface area contributed by atoms with Crippen LogP contribution in [0, 0.1) is 5.41 Å². The number of nitrogens with two attached hydrogens (primary N) is 1. The molecule has 2 aromatic carbocycles. The molecule has 4 rings (SSSR count). The van der Waals surface area contributed by atoms with Crippen molar-refractivity contribution in [3.63, 3.8) is 0 Å². The summed E-state index contributed by atoms with van der Waals surface area (Å²) in [6, 6.07) is 14.5. The predicted molar refractivity (Wildman–Crippen MR) is 97.4 cm³/mol. The summed E-state index contributed by atoms with van der Waals surface area (Å²) in [4.78, 5) is 0.815. The highest BCUT2D eigenvalue weighted by Gasteiger charge is 2.11. The Morgan fingerprint density at radius 3 is 2.96 bits per heavy atom. The first kappa shape index (κ1) is 14.0. The number of thiophene rings is 1. The van der Waals surface area contributed by atoms with Crippen molar-refractivity contribution in [2.75, 3.05) is 6.61 Å². The molecule has 0 unspecified atom stereocenters. The lowest BCUT2D eigenvalue weighted by molar-refractivity contribution is 0.357. The molecular weight excluding hydrogens is 304 g/mol. The Morgan fingerprint density at radius 1 is 1.17 bits per heavy atom. The average molecular weight is 320 g/mol. The van der Waals surface area contributed by atoms with Gasteiger partial charge in [0, 0.05) is 16.5 Å². The van der Waals surface area contributed by atoms with Gasteiger partial charge in [0.05, 0.1) is 11.5 Å². The van der Waals surface area contributed by atoms with E-state index in [9.17, 15) is 0 Å². The summed E-state index contributed by atoms with van der Waals surface area (Å²) in [5, 5.41) is 8.75. The van der Waals surface area contributed by atoms with E-state index in [1.54, 1.807) is 11.3 Å². The summed E-state index contributed by atoms with van der Waals surface area (Å²) >= 11 is 1.56. The van der Waals surface area contributed by atoms with Gasteiger partial charge in [0.1, 0.15) is 11.6 Å². The molecule has 0 amide bonds. The lowest BCUT2D eigenvalue weighted by Crippen LogP contribution is -2.08. The second kappa shape index (κ2) is 5.56. The Hall–Kier alpha value is -2.59. The summed E-state index contributed by atoms with van der Waals surface area (Å²) in [6.07, 6.45) is 5.23. The molecule has 23 heavy (non-hydrogen) atoms. The van der Waals surface area contributed by atoms with Crippen LogP contribution in [-0.4, -0.2) is 12.4 Å². The minimum Gasteiger partial charge on any atom is -0.493 e. The lowest BCUT2D eigenvalue weighted by atomic mass is 10.1. The summed E-state index contributed by atoms with van der Waals surface area (Å²) in [5.74, 6) is 1.13. The number of ether oxygens (including phenoxy) is 1. The molecule has 0 spiro atoms. The van der Waals surface area contributed by atoms with E-state index in [0.717, 1.165) is 39.3 Å². The van der Waals surface area contributed by atoms with E-state index in [4.69, 9.17) is 15.9 Å². The maximum atomic E-state index is 7.60. The average Bonchev–Trinajstić information content (AvgIpc) is 3.18. The highest BCUT2D eigenvalue weighted by atomic mass is 32.1. The fourth-order valence-electron chi connectivity index (χ4n) is 2.86. The zero-order valence-electron chi connectivity index (χ0n) is 12.5. The van der Waals surface area contributed by atoms with Gasteiger partial charge in [0.25, 0.3) is 0 Å². The minimum atomic E-state index is 0.125. The Bertz CT molecular complexity index is 940. The first-order valence-electron chi connectivity index (χ1n) is 7.51. The molecule has 0 fully saturated rings. The van der Waals surface area contributed by atoms with Crippen LogP contribution in [0.1, 0.15) is 21.6 Å². The topological polar surface area (TPSA) is 59.1 Å². The molecular formula is C19H16N2OS. The molecule has 114 valence electrons. The maximum absolute atomic E-state index is 7.60. The molecule has 1 aliphatic rings. The van der Waals surface area contributed by atoms with Crippen LogP contribution in [0.4, 0.5) is 0 Å². The maximum Gasteiger partial charge on any atom is 0.133 e. The standard InChI is InChI=1S/C19H16N2OS/c20-19(21)18-11-15-13(2-1-3-17(15)23-18)6-4-12-5-7-16-14(10-12)8-9-22-16/h1-7,10-11H,8-9H2,(H3,20,21)/b6-4+. The Labute approximate surface area is 138 Å². The van der Waals surface area contributed by atoms with E-state index in [-0.39, 0.29) is 5.84 Å². The molecule has 2 heterocycles. The number of benzene rings is 2. The first-order valence-corrected chi connectivity index (χ1v) is 8.33. The van der Waals surface area contributed by atoms with Gasteiger partial charge in [0.2, 0.25) is 0 Å². The van der Waals surface area contributed by atoms with Crippen LogP contribution in [0.25, 0.3) is 22.2 Å². The third-order valence-electron chi connectivity index (χ3n) is 4.03. The lowest BCUT2D eigenvalue weighted by Gasteiger charge is -2.00. The molecule has 0 saturated heterocycles. The summed E-state index contributed by atoms with van der Waals surface area (Å²) in [6.45, 7) is 0.782. The van der Waals surface area contributed by atoms with Gasteiger partial charge in [-0.25, -0.2) is 0 Å². The monoisotopic (exact) mass is 320 g/mol. The van der Waals surface area contributed by atoms with E-state index in [1.807, 2.05) is 18.2 Å². The molecule has 0 radical (unpaired) electrons. The summed E-state index contributed by atoms with van der Waals surface area (Å²) < 4.78 is 6.70. The van der Waals surface area contributed by atoms with Crippen LogP contribution in [0.2, 0.25) is 0 Å². The van der Waals surface area contributed by atoms with E-state index in [0.29, 0.717) is 0 Å². The van der Waals surface area contributed by atoms with E-state index in [1.165, 1.54) is 11.1 Å². The quantitative estimate of drug-likeness (QED) is 0.429. The van der Waals surface area contributed by atoms with Gasteiger partial charge in [-0.3, -0.25) is 5.41 Å². The Kier molecular flexibility index (Phi) is 3.39. The molecule has 1 aromatic heterocycles. The van der Waals surface area contributed by atoms with Crippen molar-refractivity contribution >= 4 is 39.4 Å². The third-order valence-corrected chi connectivity index (χ3v) is 5.16. The van der Waals surface area contributed by atoms with Crippen molar-refractivity contribution in [3.05, 3.63) is 64.0 Å². The molecule has 0 atom stereocenters. The SMILES string of the molecule is N=C(N)c1cc2c(/C=C/c3ccc4c(c3)CCO4)cccc2s1. The second-order valence-electron chi connectivity index (χ2n) is 5.58. The van der Waals surface area contributed by atoms with Crippen LogP contribution in [0.15, 0.2) is 42.5 Å². The normalized spacial score (nSPS) is 13.4. The van der Waals surface area contributed by atoms with Gasteiger partial charge in [-0.05, 0) is 41.0 Å². The highest BCUT2D eigenvalue weighted by Crippen LogP contribution is 2.30. The minimum absolute atomic E-state index is 0.125. The highest BCUT2D eigenvalue weighted by molar-refractivity contribution is 7.20. The van der Waals surface area contributed by atoms with Crippen molar-refractivity contribution in [1.82, 2.24) is 0 Å². The Balaban J connectivity index is 1.70. The first-order chi connectivity index (χ1) is 11.2. The van der Waals surface area contributed by atoms with Crippen LogP contribution in [-0.2, 0) is 6.42 Å². The number of fused-ring (bicyclic) bond motifs is 2. The summed E-state index contributed by atoms with van der Waals surface area (Å²) in [5.41, 5.74) is 9.20. The van der Waals surface area contributed by atoms with Crippen LogP contribution >= 0.6 is 11.3 Å². The molecule has 1 aliphatic heterocycles. The molecule has 0 saturated carbocycles. The number of nitrogens with one attached hydrogen (secondary N) is 1. The number of rotatable bonds is 3. The van der Waals surface area contributed by atoms with Gasteiger partial charge in [0.15, 0.2) is 0 Å². The van der Waals surface area contributed by atoms with Crippen LogP contribution in [0.3, 0.4) is 0 Å². The van der Waals surface area contributed by atoms with Gasteiger partial charge >= 0.3 is 0 Å². The second-order valence-corrected chi connectivity index (χ2v) is 6.67. The van der Waals surface area contributed by atoms with Crippen molar-refractivity contribution in [1.29, 1.82) is 5.41 Å². The van der Waals surface area contributed by atoms with Crippen LogP contribution < -0.4 is 10.5 Å². The van der Waals surface area contributed by atoms with E-state index < -0.39 is 0 Å². The fourth-order valence-corrected chi connectivity index (χ4v) is 3.81. The smallest absolute Gasteiger partial charge is 0.133 e. The van der Waals surface area contributed by atoms with Crippen LogP contribution in [0.5, 0.6) is 5.75 Å². The Morgan fingerprint density at radius 2 is 2.09 bits per heavy atom. The summed E-state index contributed by atoms with van der Waals surface area (Å²) in [7, 11) is 0. The van der Waals surface area contributed by atoms with Gasteiger partial charge in [-0.15, -0.1) is 11.3 Å². The van der Waals surface area contributed by atoms with E-state index in [2.05, 4.69) is 36.4 Å². The van der Waals surface area contributed by atoms with Crippen molar-refractivity contribution in [2.24, 2.45) is 5.73 Å². The fraction of sp³-hybridized carbons (Fsp3) is 0.105. The molecule has 0 aliphatic carbocycles. The van der Waals surface area contributed by atoms with E-state index >= 15 is 0 Å². The molecule has 3 nitrogen and oxygen atoms in total. The number of hydrogen-bond acceptors (Lipinski definition) is 3. The van der Waals surface area contributed by atoms with Crippen molar-refractivity contribution in [2.45, 2.75) is 6.42 Å². The van der Waals surface area contributed by atoms with Gasteiger partial charge in [-0.1, -0.05) is 30.4 Å². The van der Waals surface area contributed by atoms with Gasteiger partial charge < -0.3 is 10.5 Å². The molecule has 0 bridgehead atoms. The van der Waals surface area contributed by atoms with Crippen molar-refractivity contribution < 1.29 is 4.74 Å². The number of amidine groups is 1. The predicted octanol–water partition coefficient (Wildman–Crippen LogP) is 4.29.